The van der Waals surface area contributed by atoms with Crippen molar-refractivity contribution in [1.82, 2.24) is 15.6 Å². The topological polar surface area (TPSA) is 67.8 Å². The Balaban J connectivity index is 0.00000364. The van der Waals surface area contributed by atoms with Crippen LogP contribution in [-0.4, -0.2) is 38.3 Å². The summed E-state index contributed by atoms with van der Waals surface area (Å²) in [4.78, 5) is 10.1. The van der Waals surface area contributed by atoms with Crippen LogP contribution in [-0.2, 0) is 13.0 Å². The standard InChI is InChI=1S/C19H28N4O2S.HI/c1-6-25-17-11-15(7-8-16(17)24-5)12-22-19(20-4)21-10-9-18-23-13(2)14(3)26-18;/h7-8,11H,6,9-10,12H2,1-5H3,(H2,20,21,22);1H. The van der Waals surface area contributed by atoms with Crippen LogP contribution < -0.4 is 20.1 Å². The molecule has 1 aromatic heterocycles. The monoisotopic (exact) mass is 504 g/mol. The van der Waals surface area contributed by atoms with Crippen LogP contribution in [0.15, 0.2) is 23.2 Å². The lowest BCUT2D eigenvalue weighted by atomic mass is 10.2. The third-order valence-corrected chi connectivity index (χ3v) is 5.05. The summed E-state index contributed by atoms with van der Waals surface area (Å²) in [5.41, 5.74) is 2.22. The first-order chi connectivity index (χ1) is 12.6. The van der Waals surface area contributed by atoms with E-state index in [0.29, 0.717) is 13.2 Å². The van der Waals surface area contributed by atoms with Crippen LogP contribution in [0, 0.1) is 13.8 Å². The fourth-order valence-corrected chi connectivity index (χ4v) is 3.37. The molecule has 2 N–H and O–H groups in total. The van der Waals surface area contributed by atoms with Gasteiger partial charge in [-0.1, -0.05) is 6.07 Å². The predicted molar refractivity (Wildman–Crippen MR) is 123 cm³/mol. The molecule has 0 aliphatic rings. The summed E-state index contributed by atoms with van der Waals surface area (Å²) < 4.78 is 10.9. The molecule has 0 amide bonds. The first-order valence-electron chi connectivity index (χ1n) is 8.74. The normalized spacial score (nSPS) is 10.9. The molecule has 0 unspecified atom stereocenters. The van der Waals surface area contributed by atoms with Gasteiger partial charge in [-0.3, -0.25) is 4.99 Å². The minimum Gasteiger partial charge on any atom is -0.493 e. The molecule has 1 heterocycles. The highest BCUT2D eigenvalue weighted by molar-refractivity contribution is 14.0. The maximum absolute atomic E-state index is 5.62. The first-order valence-corrected chi connectivity index (χ1v) is 9.56. The van der Waals surface area contributed by atoms with Crippen molar-refractivity contribution in [3.63, 3.8) is 0 Å². The average molecular weight is 504 g/mol. The molecular formula is C19H29IN4O2S. The van der Waals surface area contributed by atoms with Crippen LogP contribution in [0.5, 0.6) is 11.5 Å². The average Bonchev–Trinajstić information content (AvgIpc) is 2.96. The van der Waals surface area contributed by atoms with Gasteiger partial charge in [0, 0.05) is 31.4 Å². The summed E-state index contributed by atoms with van der Waals surface area (Å²) in [7, 11) is 3.42. The molecule has 0 radical (unpaired) electrons. The molecule has 0 saturated carbocycles. The zero-order valence-corrected chi connectivity index (χ0v) is 19.7. The Labute approximate surface area is 182 Å². The van der Waals surface area contributed by atoms with E-state index in [1.165, 1.54) is 4.88 Å². The Bertz CT molecular complexity index is 730. The van der Waals surface area contributed by atoms with Crippen molar-refractivity contribution in [3.05, 3.63) is 39.3 Å². The second-order valence-electron chi connectivity index (χ2n) is 5.77. The number of nitrogens with zero attached hydrogens (tertiary/aromatic N) is 2. The molecule has 2 aromatic rings. The number of guanidine groups is 1. The first kappa shape index (κ1) is 23.5. The molecule has 2 rings (SSSR count). The zero-order valence-electron chi connectivity index (χ0n) is 16.6. The molecule has 150 valence electrons. The van der Waals surface area contributed by atoms with E-state index in [1.54, 1.807) is 25.5 Å². The molecule has 0 spiro atoms. The molecule has 0 aliphatic heterocycles. The number of ether oxygens (including phenoxy) is 2. The summed E-state index contributed by atoms with van der Waals surface area (Å²) in [5, 5.41) is 7.80. The highest BCUT2D eigenvalue weighted by Gasteiger charge is 2.07. The summed E-state index contributed by atoms with van der Waals surface area (Å²) in [6.45, 7) is 8.16. The number of aliphatic imine (C=N–C) groups is 1. The fourth-order valence-electron chi connectivity index (χ4n) is 2.44. The number of benzene rings is 1. The number of hydrogen-bond acceptors (Lipinski definition) is 5. The van der Waals surface area contributed by atoms with Gasteiger partial charge in [0.1, 0.15) is 0 Å². The van der Waals surface area contributed by atoms with E-state index in [4.69, 9.17) is 9.47 Å². The molecule has 0 atom stereocenters. The van der Waals surface area contributed by atoms with E-state index in [2.05, 4.69) is 34.5 Å². The van der Waals surface area contributed by atoms with Gasteiger partial charge in [0.25, 0.3) is 0 Å². The van der Waals surface area contributed by atoms with Gasteiger partial charge in [-0.05, 0) is 38.5 Å². The molecule has 0 saturated heterocycles. The minimum atomic E-state index is 0. The second-order valence-corrected chi connectivity index (χ2v) is 7.06. The minimum absolute atomic E-state index is 0. The van der Waals surface area contributed by atoms with Gasteiger partial charge < -0.3 is 20.1 Å². The van der Waals surface area contributed by atoms with Crippen LogP contribution in [0.25, 0.3) is 0 Å². The number of halogens is 1. The van der Waals surface area contributed by atoms with Gasteiger partial charge in [0.15, 0.2) is 17.5 Å². The Morgan fingerprint density at radius 1 is 1.22 bits per heavy atom. The van der Waals surface area contributed by atoms with E-state index in [1.807, 2.05) is 25.1 Å². The molecule has 0 fully saturated rings. The number of aromatic nitrogens is 1. The maximum atomic E-state index is 5.62. The number of methoxy groups -OCH3 is 1. The second kappa shape index (κ2) is 12.0. The lowest BCUT2D eigenvalue weighted by Gasteiger charge is -2.14. The zero-order chi connectivity index (χ0) is 18.9. The molecule has 27 heavy (non-hydrogen) atoms. The number of thiazole rings is 1. The molecule has 0 bridgehead atoms. The van der Waals surface area contributed by atoms with Crippen molar-refractivity contribution in [3.8, 4) is 11.5 Å². The van der Waals surface area contributed by atoms with E-state index >= 15 is 0 Å². The molecule has 0 aliphatic carbocycles. The van der Waals surface area contributed by atoms with Gasteiger partial charge in [0.2, 0.25) is 0 Å². The number of nitrogens with one attached hydrogen (secondary N) is 2. The van der Waals surface area contributed by atoms with Crippen LogP contribution >= 0.6 is 35.3 Å². The SMILES string of the molecule is CCOc1cc(CNC(=NC)NCCc2nc(C)c(C)s2)ccc1OC.I. The van der Waals surface area contributed by atoms with Gasteiger partial charge >= 0.3 is 0 Å². The lowest BCUT2D eigenvalue weighted by Crippen LogP contribution is -2.37. The van der Waals surface area contributed by atoms with E-state index < -0.39 is 0 Å². The van der Waals surface area contributed by atoms with E-state index in [-0.39, 0.29) is 24.0 Å². The third kappa shape index (κ3) is 7.17. The highest BCUT2D eigenvalue weighted by Crippen LogP contribution is 2.27. The molecule has 8 heteroatoms. The smallest absolute Gasteiger partial charge is 0.191 e. The van der Waals surface area contributed by atoms with Gasteiger partial charge in [-0.15, -0.1) is 35.3 Å². The van der Waals surface area contributed by atoms with Gasteiger partial charge in [-0.25, -0.2) is 4.98 Å². The van der Waals surface area contributed by atoms with Crippen molar-refractivity contribution < 1.29 is 9.47 Å². The Kier molecular flexibility index (Phi) is 10.5. The highest BCUT2D eigenvalue weighted by atomic mass is 127. The quantitative estimate of drug-likeness (QED) is 0.326. The Morgan fingerprint density at radius 3 is 2.59 bits per heavy atom. The Hall–Kier alpha value is -1.55. The molecule has 6 nitrogen and oxygen atoms in total. The van der Waals surface area contributed by atoms with Crippen LogP contribution in [0.4, 0.5) is 0 Å². The number of aryl methyl sites for hydroxylation is 2. The van der Waals surface area contributed by atoms with Crippen LogP contribution in [0.3, 0.4) is 0 Å². The number of hydrogen-bond donors (Lipinski definition) is 2. The van der Waals surface area contributed by atoms with Crippen molar-refractivity contribution >= 4 is 41.3 Å². The third-order valence-electron chi connectivity index (χ3n) is 3.92. The van der Waals surface area contributed by atoms with Crippen LogP contribution in [0.2, 0.25) is 0 Å². The summed E-state index contributed by atoms with van der Waals surface area (Å²) in [6, 6.07) is 5.93. The molecule has 1 aromatic carbocycles. The number of rotatable bonds is 8. The van der Waals surface area contributed by atoms with Gasteiger partial charge in [-0.2, -0.15) is 0 Å². The molecular weight excluding hydrogens is 475 g/mol. The lowest BCUT2D eigenvalue weighted by molar-refractivity contribution is 0.310. The Morgan fingerprint density at radius 2 is 2.00 bits per heavy atom. The van der Waals surface area contributed by atoms with Crippen LogP contribution in [0.1, 0.15) is 28.1 Å². The predicted octanol–water partition coefficient (Wildman–Crippen LogP) is 3.69. The maximum Gasteiger partial charge on any atom is 0.191 e. The van der Waals surface area contributed by atoms with Crippen molar-refractivity contribution in [1.29, 1.82) is 0 Å². The van der Waals surface area contributed by atoms with Gasteiger partial charge in [0.05, 0.1) is 24.4 Å². The van der Waals surface area contributed by atoms with E-state index in [0.717, 1.165) is 46.7 Å². The van der Waals surface area contributed by atoms with E-state index in [9.17, 15) is 0 Å². The summed E-state index contributed by atoms with van der Waals surface area (Å²) in [6.07, 6.45) is 0.886. The summed E-state index contributed by atoms with van der Waals surface area (Å²) in [5.74, 6) is 2.27. The van der Waals surface area contributed by atoms with Crippen molar-refractivity contribution in [2.24, 2.45) is 4.99 Å². The van der Waals surface area contributed by atoms with Crippen molar-refractivity contribution in [2.45, 2.75) is 33.7 Å². The largest absolute Gasteiger partial charge is 0.493 e. The van der Waals surface area contributed by atoms with Crippen molar-refractivity contribution in [2.75, 3.05) is 27.3 Å². The fraction of sp³-hybridized carbons (Fsp3) is 0.474. The summed E-state index contributed by atoms with van der Waals surface area (Å²) >= 11 is 1.76.